The predicted octanol–water partition coefficient (Wildman–Crippen LogP) is 1.56. The molecule has 0 bridgehead atoms. The van der Waals surface area contributed by atoms with E-state index in [2.05, 4.69) is 6.92 Å². The first-order valence-electron chi connectivity index (χ1n) is 7.19. The maximum atomic E-state index is 12.5. The Bertz CT molecular complexity index is 293. The number of carbonyl (C=O) groups excluding carboxylic acids is 1. The molecule has 0 aromatic heterocycles. The summed E-state index contributed by atoms with van der Waals surface area (Å²) in [5, 5.41) is 9.55. The number of hydrogen-bond donors (Lipinski definition) is 1. The first-order chi connectivity index (χ1) is 8.59. The zero-order valence-corrected chi connectivity index (χ0v) is 11.5. The molecule has 2 fully saturated rings. The minimum atomic E-state index is -0.342. The molecule has 4 heteroatoms. The highest BCUT2D eigenvalue weighted by Gasteiger charge is 2.37. The van der Waals surface area contributed by atoms with Crippen LogP contribution >= 0.6 is 0 Å². The van der Waals surface area contributed by atoms with Crippen LogP contribution in [0.15, 0.2) is 0 Å². The summed E-state index contributed by atoms with van der Waals surface area (Å²) in [5.74, 6) is 0.469. The molecule has 4 atom stereocenters. The summed E-state index contributed by atoms with van der Waals surface area (Å²) >= 11 is 0. The number of aliphatic hydroxyl groups is 1. The lowest BCUT2D eigenvalue weighted by molar-refractivity contribution is -0.147. The topological polar surface area (TPSA) is 49.8 Å². The molecular weight excluding hydrogens is 230 g/mol. The van der Waals surface area contributed by atoms with Gasteiger partial charge in [-0.25, -0.2) is 0 Å². The fourth-order valence-electron chi connectivity index (χ4n) is 3.10. The largest absolute Gasteiger partial charge is 0.393 e. The molecule has 2 rings (SSSR count). The maximum Gasteiger partial charge on any atom is 0.252 e. The van der Waals surface area contributed by atoms with Crippen molar-refractivity contribution < 1.29 is 14.6 Å². The molecule has 0 aliphatic carbocycles. The van der Waals surface area contributed by atoms with E-state index in [1.807, 2.05) is 4.90 Å². The Morgan fingerprint density at radius 1 is 1.44 bits per heavy atom. The highest BCUT2D eigenvalue weighted by molar-refractivity contribution is 5.82. The molecule has 4 nitrogen and oxygen atoms in total. The molecule has 1 amide bonds. The number of ether oxygens (including phenoxy) is 1. The molecule has 2 heterocycles. The van der Waals surface area contributed by atoms with E-state index in [-0.39, 0.29) is 24.2 Å². The number of carbonyl (C=O) groups is 1. The van der Waals surface area contributed by atoms with Gasteiger partial charge in [0.2, 0.25) is 0 Å². The highest BCUT2D eigenvalue weighted by Crippen LogP contribution is 2.27. The lowest BCUT2D eigenvalue weighted by Gasteiger charge is -2.38. The first kappa shape index (κ1) is 13.8. The van der Waals surface area contributed by atoms with Crippen LogP contribution in [0.3, 0.4) is 0 Å². The second-order valence-electron chi connectivity index (χ2n) is 5.82. The van der Waals surface area contributed by atoms with Gasteiger partial charge in [0.25, 0.3) is 5.91 Å². The van der Waals surface area contributed by atoms with Gasteiger partial charge in [-0.2, -0.15) is 0 Å². The summed E-state index contributed by atoms with van der Waals surface area (Å²) in [6.07, 6.45) is 4.31. The van der Waals surface area contributed by atoms with Crippen LogP contribution in [0.5, 0.6) is 0 Å². The van der Waals surface area contributed by atoms with Gasteiger partial charge < -0.3 is 14.7 Å². The molecule has 1 N–H and O–H groups in total. The summed E-state index contributed by atoms with van der Waals surface area (Å²) in [5.41, 5.74) is 0. The van der Waals surface area contributed by atoms with Gasteiger partial charge in [-0.1, -0.05) is 6.92 Å². The average Bonchev–Trinajstić information content (AvgIpc) is 2.74. The third-order valence-electron chi connectivity index (χ3n) is 4.15. The van der Waals surface area contributed by atoms with E-state index in [1.165, 1.54) is 0 Å². The van der Waals surface area contributed by atoms with Crippen molar-refractivity contribution in [1.29, 1.82) is 0 Å². The third-order valence-corrected chi connectivity index (χ3v) is 4.15. The van der Waals surface area contributed by atoms with Gasteiger partial charge in [0, 0.05) is 19.2 Å². The minimum Gasteiger partial charge on any atom is -0.393 e. The van der Waals surface area contributed by atoms with Crippen molar-refractivity contribution in [1.82, 2.24) is 4.90 Å². The molecule has 0 aromatic carbocycles. The number of nitrogens with zero attached hydrogens (tertiary/aromatic N) is 1. The van der Waals surface area contributed by atoms with Crippen LogP contribution < -0.4 is 0 Å². The van der Waals surface area contributed by atoms with Crippen molar-refractivity contribution in [2.75, 3.05) is 13.2 Å². The van der Waals surface area contributed by atoms with E-state index in [0.717, 1.165) is 32.2 Å². The fourth-order valence-corrected chi connectivity index (χ4v) is 3.10. The number of likely N-dealkylation sites (tertiary alicyclic amines) is 1. The molecular formula is C14H25NO3. The molecule has 2 aliphatic heterocycles. The smallest absolute Gasteiger partial charge is 0.252 e. The lowest BCUT2D eigenvalue weighted by atomic mass is 9.95. The molecule has 0 spiro atoms. The van der Waals surface area contributed by atoms with E-state index in [1.54, 1.807) is 6.92 Å². The third kappa shape index (κ3) is 3.04. The van der Waals surface area contributed by atoms with Crippen LogP contribution in [0, 0.1) is 5.92 Å². The standard InChI is InChI=1S/C14H25NO3/c1-10-6-8-18-13(10)14(17)15-7-4-3-5-12(15)9-11(2)16/h10-13,16H,3-9H2,1-2H3. The summed E-state index contributed by atoms with van der Waals surface area (Å²) in [7, 11) is 0. The lowest BCUT2D eigenvalue weighted by Crippen LogP contribution is -2.50. The number of piperidine rings is 1. The molecule has 0 aromatic rings. The predicted molar refractivity (Wildman–Crippen MR) is 69.2 cm³/mol. The van der Waals surface area contributed by atoms with Gasteiger partial charge in [-0.15, -0.1) is 0 Å². The van der Waals surface area contributed by atoms with Crippen LogP contribution in [0.4, 0.5) is 0 Å². The van der Waals surface area contributed by atoms with Crippen molar-refractivity contribution in [3.63, 3.8) is 0 Å². The first-order valence-corrected chi connectivity index (χ1v) is 7.19. The normalized spacial score (nSPS) is 34.6. The van der Waals surface area contributed by atoms with Gasteiger partial charge >= 0.3 is 0 Å². The second-order valence-corrected chi connectivity index (χ2v) is 5.82. The van der Waals surface area contributed by atoms with Crippen molar-refractivity contribution >= 4 is 5.91 Å². The number of hydrogen-bond acceptors (Lipinski definition) is 3. The Labute approximate surface area is 109 Å². The minimum absolute atomic E-state index is 0.144. The molecule has 4 unspecified atom stereocenters. The van der Waals surface area contributed by atoms with E-state index in [4.69, 9.17) is 4.74 Å². The Morgan fingerprint density at radius 3 is 2.83 bits per heavy atom. The Hall–Kier alpha value is -0.610. The van der Waals surface area contributed by atoms with E-state index in [0.29, 0.717) is 18.9 Å². The zero-order chi connectivity index (χ0) is 13.1. The maximum absolute atomic E-state index is 12.5. The molecule has 18 heavy (non-hydrogen) atoms. The van der Waals surface area contributed by atoms with Gasteiger partial charge in [0.15, 0.2) is 0 Å². The quantitative estimate of drug-likeness (QED) is 0.832. The Morgan fingerprint density at radius 2 is 2.22 bits per heavy atom. The van der Waals surface area contributed by atoms with Crippen LogP contribution in [-0.4, -0.2) is 47.3 Å². The van der Waals surface area contributed by atoms with Crippen molar-refractivity contribution in [3.05, 3.63) is 0 Å². The molecule has 2 aliphatic rings. The molecule has 2 saturated heterocycles. The summed E-state index contributed by atoms with van der Waals surface area (Å²) in [6, 6.07) is 0.197. The van der Waals surface area contributed by atoms with Crippen molar-refractivity contribution in [3.8, 4) is 0 Å². The van der Waals surface area contributed by atoms with E-state index in [9.17, 15) is 9.90 Å². The molecule has 0 radical (unpaired) electrons. The summed E-state index contributed by atoms with van der Waals surface area (Å²) < 4.78 is 5.58. The number of aliphatic hydroxyl groups excluding tert-OH is 1. The van der Waals surface area contributed by atoms with Crippen LogP contribution in [0.25, 0.3) is 0 Å². The van der Waals surface area contributed by atoms with E-state index >= 15 is 0 Å². The van der Waals surface area contributed by atoms with Crippen LogP contribution in [-0.2, 0) is 9.53 Å². The second kappa shape index (κ2) is 6.02. The summed E-state index contributed by atoms with van der Waals surface area (Å²) in [6.45, 7) is 5.41. The van der Waals surface area contributed by atoms with Crippen LogP contribution in [0.1, 0.15) is 46.0 Å². The Kier molecular flexibility index (Phi) is 4.62. The van der Waals surface area contributed by atoms with Gasteiger partial charge in [0.1, 0.15) is 6.10 Å². The van der Waals surface area contributed by atoms with Crippen LogP contribution in [0.2, 0.25) is 0 Å². The summed E-state index contributed by atoms with van der Waals surface area (Å²) in [4.78, 5) is 14.5. The SMILES string of the molecule is CC(O)CC1CCCCN1C(=O)C1OCCC1C. The van der Waals surface area contributed by atoms with Crippen molar-refractivity contribution in [2.24, 2.45) is 5.92 Å². The number of amides is 1. The monoisotopic (exact) mass is 255 g/mol. The molecule has 0 saturated carbocycles. The fraction of sp³-hybridized carbons (Fsp3) is 0.929. The average molecular weight is 255 g/mol. The van der Waals surface area contributed by atoms with Gasteiger partial charge in [-0.05, 0) is 44.9 Å². The van der Waals surface area contributed by atoms with Crippen molar-refractivity contribution in [2.45, 2.75) is 64.2 Å². The van der Waals surface area contributed by atoms with E-state index < -0.39 is 0 Å². The highest BCUT2D eigenvalue weighted by atomic mass is 16.5. The molecule has 104 valence electrons. The van der Waals surface area contributed by atoms with Gasteiger partial charge in [-0.3, -0.25) is 4.79 Å². The zero-order valence-electron chi connectivity index (χ0n) is 11.5. The number of rotatable bonds is 3. The Balaban J connectivity index is 2.01. The van der Waals surface area contributed by atoms with Gasteiger partial charge in [0.05, 0.1) is 6.10 Å².